The number of unbranched alkanes of at least 4 members (excludes halogenated alkanes) is 8. The second-order valence-corrected chi connectivity index (χ2v) is 6.75. The number of rotatable bonds is 12. The molecule has 114 valence electrons. The topological polar surface area (TPSA) is 26.0 Å². The smallest absolute Gasteiger partial charge is 0.130 e. The fourth-order valence-electron chi connectivity index (χ4n) is 3.30. The lowest BCUT2D eigenvalue weighted by Crippen LogP contribution is -2.49. The van der Waals surface area contributed by atoms with Gasteiger partial charge in [0.25, 0.3) is 0 Å². The van der Waals surface area contributed by atoms with Gasteiger partial charge in [-0.1, -0.05) is 38.5 Å². The van der Waals surface area contributed by atoms with Crippen LogP contribution in [-0.2, 0) is 0 Å². The van der Waals surface area contributed by atoms with Crippen molar-refractivity contribution >= 4 is 12.6 Å². The average Bonchev–Trinajstić information content (AvgIpc) is 2.90. The van der Waals surface area contributed by atoms with E-state index >= 15 is 0 Å². The first-order valence-corrected chi connectivity index (χ1v) is 9.12. The Morgan fingerprint density at radius 2 is 1.21 bits per heavy atom. The summed E-state index contributed by atoms with van der Waals surface area (Å²) < 4.78 is 1.21. The summed E-state index contributed by atoms with van der Waals surface area (Å²) in [6.45, 7) is 4.87. The number of thiol groups is 1. The number of nitrogens with zero attached hydrogens (tertiary/aromatic N) is 1. The number of hydrogen-bond acceptors (Lipinski definition) is 2. The van der Waals surface area contributed by atoms with Crippen LogP contribution < -0.4 is 5.73 Å². The zero-order chi connectivity index (χ0) is 13.8. The molecule has 0 aromatic heterocycles. The number of quaternary nitrogens is 1. The van der Waals surface area contributed by atoms with E-state index < -0.39 is 0 Å². The molecule has 0 saturated carbocycles. The predicted octanol–water partition coefficient (Wildman–Crippen LogP) is 3.95. The molecule has 1 rings (SSSR count). The minimum Gasteiger partial charge on any atom is -0.311 e. The standard InChI is InChI=1S/C16H34N2S/c17-16-18(13-9-10-14-18)12-8-6-4-2-1-3-5-7-11-15-19/h1-17H2/p+1. The summed E-state index contributed by atoms with van der Waals surface area (Å²) in [7, 11) is 0. The van der Waals surface area contributed by atoms with Gasteiger partial charge in [0.1, 0.15) is 6.67 Å². The average molecular weight is 288 g/mol. The van der Waals surface area contributed by atoms with Gasteiger partial charge in [0.05, 0.1) is 19.6 Å². The van der Waals surface area contributed by atoms with Crippen molar-refractivity contribution in [2.45, 2.75) is 70.6 Å². The Balaban J connectivity index is 1.85. The lowest BCUT2D eigenvalue weighted by atomic mass is 10.1. The summed E-state index contributed by atoms with van der Waals surface area (Å²) in [4.78, 5) is 0. The van der Waals surface area contributed by atoms with Gasteiger partial charge in [0, 0.05) is 12.8 Å². The van der Waals surface area contributed by atoms with Gasteiger partial charge < -0.3 is 4.48 Å². The van der Waals surface area contributed by atoms with E-state index in [0.717, 1.165) is 12.4 Å². The Labute approximate surface area is 126 Å². The van der Waals surface area contributed by atoms with Gasteiger partial charge in [-0.15, -0.1) is 0 Å². The third-order valence-corrected chi connectivity index (χ3v) is 5.01. The molecule has 0 radical (unpaired) electrons. The van der Waals surface area contributed by atoms with Crippen LogP contribution in [0.1, 0.15) is 70.6 Å². The molecule has 1 aliphatic heterocycles. The molecular weight excluding hydrogens is 252 g/mol. The molecule has 0 aliphatic carbocycles. The Morgan fingerprint density at radius 1 is 0.737 bits per heavy atom. The van der Waals surface area contributed by atoms with E-state index in [0.29, 0.717) is 0 Å². The highest BCUT2D eigenvalue weighted by molar-refractivity contribution is 7.80. The van der Waals surface area contributed by atoms with Crippen LogP contribution in [0.15, 0.2) is 0 Å². The van der Waals surface area contributed by atoms with E-state index in [2.05, 4.69) is 12.6 Å². The normalized spacial score (nSPS) is 18.0. The first-order chi connectivity index (χ1) is 9.33. The molecule has 0 amide bonds. The van der Waals surface area contributed by atoms with E-state index in [9.17, 15) is 0 Å². The molecule has 1 heterocycles. The second-order valence-electron chi connectivity index (χ2n) is 6.31. The van der Waals surface area contributed by atoms with Gasteiger partial charge in [-0.05, 0) is 25.0 Å². The third kappa shape index (κ3) is 7.57. The summed E-state index contributed by atoms with van der Waals surface area (Å²) in [5.41, 5.74) is 5.96. The second kappa shape index (κ2) is 11.0. The van der Waals surface area contributed by atoms with Gasteiger partial charge >= 0.3 is 0 Å². The maximum absolute atomic E-state index is 5.96. The fourth-order valence-corrected chi connectivity index (χ4v) is 3.52. The first kappa shape index (κ1) is 17.3. The minimum absolute atomic E-state index is 0.866. The highest BCUT2D eigenvalue weighted by Crippen LogP contribution is 2.19. The summed E-state index contributed by atoms with van der Waals surface area (Å²) in [5.74, 6) is 1.06. The van der Waals surface area contributed by atoms with Crippen molar-refractivity contribution in [1.82, 2.24) is 0 Å². The Bertz CT molecular complexity index is 203. The Kier molecular flexibility index (Phi) is 10.0. The van der Waals surface area contributed by atoms with Gasteiger partial charge in [0.15, 0.2) is 0 Å². The van der Waals surface area contributed by atoms with Crippen LogP contribution in [0.3, 0.4) is 0 Å². The maximum atomic E-state index is 5.96. The molecule has 1 aliphatic rings. The fraction of sp³-hybridized carbons (Fsp3) is 1.00. The number of hydrogen-bond donors (Lipinski definition) is 2. The van der Waals surface area contributed by atoms with Gasteiger partial charge in [-0.25, -0.2) is 0 Å². The molecular formula is C16H35N2S+. The zero-order valence-corrected chi connectivity index (χ0v) is 13.7. The summed E-state index contributed by atoms with van der Waals surface area (Å²) in [5, 5.41) is 0. The molecule has 1 fully saturated rings. The van der Waals surface area contributed by atoms with E-state index in [4.69, 9.17) is 5.73 Å². The number of nitrogens with two attached hydrogens (primary N) is 1. The van der Waals surface area contributed by atoms with Gasteiger partial charge in [-0.3, -0.25) is 5.73 Å². The molecule has 0 atom stereocenters. The van der Waals surface area contributed by atoms with E-state index in [1.165, 1.54) is 94.7 Å². The van der Waals surface area contributed by atoms with E-state index in [1.54, 1.807) is 0 Å². The lowest BCUT2D eigenvalue weighted by Gasteiger charge is -2.32. The largest absolute Gasteiger partial charge is 0.311 e. The molecule has 0 aromatic carbocycles. The van der Waals surface area contributed by atoms with Crippen LogP contribution in [-0.4, -0.2) is 36.5 Å². The van der Waals surface area contributed by atoms with E-state index in [1.807, 2.05) is 0 Å². The van der Waals surface area contributed by atoms with Crippen molar-refractivity contribution in [3.05, 3.63) is 0 Å². The molecule has 0 unspecified atom stereocenters. The molecule has 0 spiro atoms. The molecule has 2 N–H and O–H groups in total. The van der Waals surface area contributed by atoms with Crippen LogP contribution in [0.25, 0.3) is 0 Å². The van der Waals surface area contributed by atoms with Crippen LogP contribution in [0.5, 0.6) is 0 Å². The quantitative estimate of drug-likeness (QED) is 0.317. The monoisotopic (exact) mass is 287 g/mol. The molecule has 0 bridgehead atoms. The van der Waals surface area contributed by atoms with Crippen molar-refractivity contribution < 1.29 is 4.48 Å². The van der Waals surface area contributed by atoms with Crippen LogP contribution >= 0.6 is 12.6 Å². The molecule has 2 nitrogen and oxygen atoms in total. The van der Waals surface area contributed by atoms with Crippen LogP contribution in [0, 0.1) is 0 Å². The molecule has 3 heteroatoms. The van der Waals surface area contributed by atoms with Crippen molar-refractivity contribution in [3.63, 3.8) is 0 Å². The van der Waals surface area contributed by atoms with Gasteiger partial charge in [0.2, 0.25) is 0 Å². The summed E-state index contributed by atoms with van der Waals surface area (Å²) in [6, 6.07) is 0. The predicted molar refractivity (Wildman–Crippen MR) is 88.6 cm³/mol. The third-order valence-electron chi connectivity index (χ3n) is 4.69. The zero-order valence-electron chi connectivity index (χ0n) is 12.8. The van der Waals surface area contributed by atoms with Crippen LogP contribution in [0.2, 0.25) is 0 Å². The summed E-state index contributed by atoms with van der Waals surface area (Å²) >= 11 is 4.24. The molecule has 1 saturated heterocycles. The van der Waals surface area contributed by atoms with Crippen molar-refractivity contribution in [3.8, 4) is 0 Å². The Morgan fingerprint density at radius 3 is 1.68 bits per heavy atom. The first-order valence-electron chi connectivity index (χ1n) is 8.49. The van der Waals surface area contributed by atoms with Crippen molar-refractivity contribution in [2.75, 3.05) is 32.1 Å². The van der Waals surface area contributed by atoms with Crippen LogP contribution in [0.4, 0.5) is 0 Å². The van der Waals surface area contributed by atoms with Crippen molar-refractivity contribution in [1.29, 1.82) is 0 Å². The lowest BCUT2D eigenvalue weighted by molar-refractivity contribution is -0.916. The molecule has 0 aromatic rings. The van der Waals surface area contributed by atoms with E-state index in [-0.39, 0.29) is 0 Å². The highest BCUT2D eigenvalue weighted by Gasteiger charge is 2.29. The number of likely N-dealkylation sites (tertiary alicyclic amines) is 1. The maximum Gasteiger partial charge on any atom is 0.130 e. The SMILES string of the molecule is NC[N+]1(CCCCCCCCCCCS)CCCC1. The Hall–Kier alpha value is 0.270. The minimum atomic E-state index is 0.866. The van der Waals surface area contributed by atoms with Gasteiger partial charge in [-0.2, -0.15) is 12.6 Å². The van der Waals surface area contributed by atoms with Crippen molar-refractivity contribution in [2.24, 2.45) is 5.73 Å². The summed E-state index contributed by atoms with van der Waals surface area (Å²) in [6.07, 6.45) is 15.4. The molecule has 19 heavy (non-hydrogen) atoms. The highest BCUT2D eigenvalue weighted by atomic mass is 32.1.